The van der Waals surface area contributed by atoms with Gasteiger partial charge in [-0.1, -0.05) is 0 Å². The van der Waals surface area contributed by atoms with Gasteiger partial charge in [0.05, 0.1) is 6.54 Å². The second-order valence-electron chi connectivity index (χ2n) is 6.46. The van der Waals surface area contributed by atoms with Crippen LogP contribution in [0, 0.1) is 0 Å². The second-order valence-corrected chi connectivity index (χ2v) is 7.36. The van der Waals surface area contributed by atoms with E-state index in [1.807, 2.05) is 23.6 Å². The molecule has 4 rings (SSSR count). The van der Waals surface area contributed by atoms with E-state index in [4.69, 9.17) is 9.47 Å². The number of hydrogen-bond acceptors (Lipinski definition) is 7. The molecule has 2 aliphatic heterocycles. The zero-order chi connectivity index (χ0) is 17.8. The first-order valence-electron chi connectivity index (χ1n) is 8.84. The Morgan fingerprint density at radius 3 is 3.04 bits per heavy atom. The lowest BCUT2D eigenvalue weighted by atomic mass is 10.1. The summed E-state index contributed by atoms with van der Waals surface area (Å²) in [5.74, 6) is 1.57. The summed E-state index contributed by atoms with van der Waals surface area (Å²) in [6.45, 7) is 3.34. The quantitative estimate of drug-likeness (QED) is 0.837. The molecule has 3 heterocycles. The van der Waals surface area contributed by atoms with Gasteiger partial charge >= 0.3 is 0 Å². The molecule has 1 atom stereocenters. The largest absolute Gasteiger partial charge is 0.486 e. The molecule has 0 spiro atoms. The highest BCUT2D eigenvalue weighted by molar-refractivity contribution is 7.13. The zero-order valence-electron chi connectivity index (χ0n) is 14.4. The van der Waals surface area contributed by atoms with Crippen LogP contribution in [0.3, 0.4) is 0 Å². The Morgan fingerprint density at radius 2 is 2.19 bits per heavy atom. The van der Waals surface area contributed by atoms with Crippen molar-refractivity contribution in [1.29, 1.82) is 0 Å². The van der Waals surface area contributed by atoms with Gasteiger partial charge in [0.2, 0.25) is 5.91 Å². The molecule has 2 aromatic rings. The molecular weight excluding hydrogens is 352 g/mol. The Morgan fingerprint density at radius 1 is 1.31 bits per heavy atom. The first-order valence-corrected chi connectivity index (χ1v) is 9.72. The fourth-order valence-corrected chi connectivity index (χ4v) is 3.88. The molecule has 7 nitrogen and oxygen atoms in total. The molecule has 1 aromatic heterocycles. The van der Waals surface area contributed by atoms with Crippen molar-refractivity contribution in [3.05, 3.63) is 29.8 Å². The number of amides is 1. The average molecular weight is 374 g/mol. The van der Waals surface area contributed by atoms with Crippen molar-refractivity contribution < 1.29 is 14.3 Å². The number of nitrogens with one attached hydrogen (secondary N) is 2. The van der Waals surface area contributed by atoms with Crippen molar-refractivity contribution >= 4 is 28.1 Å². The molecule has 138 valence electrons. The summed E-state index contributed by atoms with van der Waals surface area (Å²) in [5, 5.41) is 8.91. The summed E-state index contributed by atoms with van der Waals surface area (Å²) in [7, 11) is 0. The summed E-state index contributed by atoms with van der Waals surface area (Å²) in [4.78, 5) is 18.4. The lowest BCUT2D eigenvalue weighted by molar-refractivity contribution is -0.117. The topological polar surface area (TPSA) is 75.7 Å². The molecule has 0 saturated carbocycles. The minimum Gasteiger partial charge on any atom is -0.486 e. The number of rotatable bonds is 5. The van der Waals surface area contributed by atoms with Gasteiger partial charge in [-0.25, -0.2) is 4.98 Å². The smallest absolute Gasteiger partial charge is 0.240 e. The van der Waals surface area contributed by atoms with E-state index in [2.05, 4.69) is 20.5 Å². The minimum atomic E-state index is -0.0140. The van der Waals surface area contributed by atoms with Crippen LogP contribution in [0.5, 0.6) is 11.5 Å². The second kappa shape index (κ2) is 7.92. The maximum absolute atomic E-state index is 12.2. The molecule has 1 saturated heterocycles. The molecule has 1 aromatic carbocycles. The van der Waals surface area contributed by atoms with Crippen LogP contribution < -0.4 is 20.1 Å². The highest BCUT2D eigenvalue weighted by Gasteiger charge is 2.22. The van der Waals surface area contributed by atoms with Crippen LogP contribution in [0.1, 0.15) is 12.8 Å². The third kappa shape index (κ3) is 4.25. The monoisotopic (exact) mass is 374 g/mol. The number of likely N-dealkylation sites (tertiary alicyclic amines) is 1. The molecule has 1 fully saturated rings. The number of nitrogens with zero attached hydrogens (tertiary/aromatic N) is 2. The third-order valence-corrected chi connectivity index (χ3v) is 5.15. The summed E-state index contributed by atoms with van der Waals surface area (Å²) < 4.78 is 11.2. The van der Waals surface area contributed by atoms with E-state index < -0.39 is 0 Å². The lowest BCUT2D eigenvalue weighted by Gasteiger charge is -2.33. The minimum absolute atomic E-state index is 0.0140. The SMILES string of the molecule is O=C(CN1CCCC(Nc2ccc3c(c2)OCCO3)C1)Nc1nccs1. The van der Waals surface area contributed by atoms with Gasteiger partial charge in [0.25, 0.3) is 0 Å². The van der Waals surface area contributed by atoms with Crippen LogP contribution in [-0.4, -0.2) is 54.7 Å². The van der Waals surface area contributed by atoms with Crippen molar-refractivity contribution in [3.8, 4) is 11.5 Å². The first-order chi connectivity index (χ1) is 12.8. The Labute approximate surface area is 156 Å². The van der Waals surface area contributed by atoms with Gasteiger partial charge in [-0.05, 0) is 31.5 Å². The third-order valence-electron chi connectivity index (χ3n) is 4.46. The molecular formula is C18H22N4O3S. The van der Waals surface area contributed by atoms with Crippen molar-refractivity contribution in [1.82, 2.24) is 9.88 Å². The van der Waals surface area contributed by atoms with Crippen LogP contribution in [0.25, 0.3) is 0 Å². The molecule has 0 aliphatic carbocycles. The fourth-order valence-electron chi connectivity index (χ4n) is 3.33. The summed E-state index contributed by atoms with van der Waals surface area (Å²) >= 11 is 1.43. The summed E-state index contributed by atoms with van der Waals surface area (Å²) in [6, 6.07) is 6.25. The van der Waals surface area contributed by atoms with Crippen molar-refractivity contribution in [2.45, 2.75) is 18.9 Å². The van der Waals surface area contributed by atoms with E-state index >= 15 is 0 Å². The molecule has 2 aliphatic rings. The standard InChI is InChI=1S/C18H22N4O3S/c23-17(21-18-19-5-9-26-18)12-22-6-1-2-14(11-22)20-13-3-4-15-16(10-13)25-8-7-24-15/h3-5,9-10,14,20H,1-2,6-8,11-12H2,(H,19,21,23). The zero-order valence-corrected chi connectivity index (χ0v) is 15.3. The molecule has 26 heavy (non-hydrogen) atoms. The molecule has 0 radical (unpaired) electrons. The predicted octanol–water partition coefficient (Wildman–Crippen LogP) is 2.43. The maximum atomic E-state index is 12.2. The average Bonchev–Trinajstić information content (AvgIpc) is 3.15. The first kappa shape index (κ1) is 17.1. The number of anilines is 2. The number of fused-ring (bicyclic) bond motifs is 1. The number of thiazole rings is 1. The number of benzene rings is 1. The van der Waals surface area contributed by atoms with Crippen LogP contribution in [0.4, 0.5) is 10.8 Å². The Bertz CT molecular complexity index is 753. The maximum Gasteiger partial charge on any atom is 0.240 e. The van der Waals surface area contributed by atoms with E-state index in [1.54, 1.807) is 6.20 Å². The number of carbonyl (C=O) groups is 1. The van der Waals surface area contributed by atoms with Gasteiger partial charge in [0, 0.05) is 35.9 Å². The van der Waals surface area contributed by atoms with Crippen molar-refractivity contribution in [2.24, 2.45) is 0 Å². The van der Waals surface area contributed by atoms with Gasteiger partial charge < -0.3 is 20.1 Å². The van der Waals surface area contributed by atoms with E-state index in [1.165, 1.54) is 11.3 Å². The normalized spacial score (nSPS) is 19.8. The molecule has 8 heteroatoms. The van der Waals surface area contributed by atoms with Crippen molar-refractivity contribution in [3.63, 3.8) is 0 Å². The van der Waals surface area contributed by atoms with E-state index in [0.717, 1.165) is 43.1 Å². The highest BCUT2D eigenvalue weighted by atomic mass is 32.1. The van der Waals surface area contributed by atoms with Gasteiger partial charge in [0.1, 0.15) is 13.2 Å². The van der Waals surface area contributed by atoms with Gasteiger partial charge in [-0.3, -0.25) is 9.69 Å². The number of ether oxygens (including phenoxy) is 2. The fraction of sp³-hybridized carbons (Fsp3) is 0.444. The predicted molar refractivity (Wildman–Crippen MR) is 101 cm³/mol. The molecule has 0 bridgehead atoms. The summed E-state index contributed by atoms with van der Waals surface area (Å²) in [6.07, 6.45) is 3.83. The highest BCUT2D eigenvalue weighted by Crippen LogP contribution is 2.33. The molecule has 1 unspecified atom stereocenters. The number of piperidine rings is 1. The Balaban J connectivity index is 1.31. The van der Waals surface area contributed by atoms with Crippen molar-refractivity contribution in [2.75, 3.05) is 43.5 Å². The Kier molecular flexibility index (Phi) is 5.21. The summed E-state index contributed by atoms with van der Waals surface area (Å²) in [5.41, 5.74) is 1.02. The molecule has 2 N–H and O–H groups in total. The number of aromatic nitrogens is 1. The van der Waals surface area contributed by atoms with E-state index in [9.17, 15) is 4.79 Å². The molecule has 1 amide bonds. The van der Waals surface area contributed by atoms with Crippen LogP contribution in [0.15, 0.2) is 29.8 Å². The van der Waals surface area contributed by atoms with E-state index in [0.29, 0.717) is 30.9 Å². The number of hydrogen-bond donors (Lipinski definition) is 2. The van der Waals surface area contributed by atoms with E-state index in [-0.39, 0.29) is 5.91 Å². The van der Waals surface area contributed by atoms with Gasteiger partial charge in [-0.15, -0.1) is 11.3 Å². The van der Waals surface area contributed by atoms with Crippen LogP contribution in [-0.2, 0) is 4.79 Å². The van der Waals surface area contributed by atoms with Gasteiger partial charge in [0.15, 0.2) is 16.6 Å². The van der Waals surface area contributed by atoms with Crippen LogP contribution >= 0.6 is 11.3 Å². The Hall–Kier alpha value is -2.32. The lowest BCUT2D eigenvalue weighted by Crippen LogP contribution is -2.45. The number of carbonyl (C=O) groups excluding carboxylic acids is 1. The van der Waals surface area contributed by atoms with Gasteiger partial charge in [-0.2, -0.15) is 0 Å². The van der Waals surface area contributed by atoms with Crippen LogP contribution in [0.2, 0.25) is 0 Å².